The van der Waals surface area contributed by atoms with Crippen LogP contribution in [0.3, 0.4) is 0 Å². The maximum absolute atomic E-state index is 11.8. The summed E-state index contributed by atoms with van der Waals surface area (Å²) in [6, 6.07) is 6.87. The number of nitrogens with one attached hydrogen (secondary N) is 3. The molecule has 0 aliphatic rings. The van der Waals surface area contributed by atoms with E-state index in [1.165, 1.54) is 6.20 Å². The Morgan fingerprint density at radius 1 is 1.42 bits per heavy atom. The number of carbonyl (C=O) groups excluding carboxylic acids is 1. The summed E-state index contributed by atoms with van der Waals surface area (Å²) < 4.78 is 0. The predicted molar refractivity (Wildman–Crippen MR) is 69.8 cm³/mol. The zero-order valence-electron chi connectivity index (χ0n) is 9.86. The van der Waals surface area contributed by atoms with Gasteiger partial charge in [0, 0.05) is 17.4 Å². The van der Waals surface area contributed by atoms with Crippen molar-refractivity contribution in [1.82, 2.24) is 9.97 Å². The molecule has 0 atom stereocenters. The standard InChI is InChI=1S/C13H11N3O3/c17-6-2-4-9-3-1-5-10(7-9)15-12(18)11-8-14-13(19)16-11/h1,3,5,7-8,17H,6H2,(H,15,18)(H2,14,16,19). The van der Waals surface area contributed by atoms with Gasteiger partial charge in [0.25, 0.3) is 5.91 Å². The van der Waals surface area contributed by atoms with Crippen molar-refractivity contribution < 1.29 is 9.90 Å². The zero-order chi connectivity index (χ0) is 13.7. The van der Waals surface area contributed by atoms with Crippen LogP contribution in [-0.2, 0) is 0 Å². The summed E-state index contributed by atoms with van der Waals surface area (Å²) in [7, 11) is 0. The number of amides is 1. The van der Waals surface area contributed by atoms with E-state index < -0.39 is 11.6 Å². The van der Waals surface area contributed by atoms with E-state index in [2.05, 4.69) is 27.1 Å². The first-order valence-corrected chi connectivity index (χ1v) is 5.48. The Labute approximate surface area is 108 Å². The molecule has 1 heterocycles. The van der Waals surface area contributed by atoms with E-state index in [9.17, 15) is 9.59 Å². The van der Waals surface area contributed by atoms with E-state index in [0.29, 0.717) is 11.3 Å². The van der Waals surface area contributed by atoms with Crippen molar-refractivity contribution in [2.24, 2.45) is 0 Å². The number of hydrogen-bond donors (Lipinski definition) is 4. The molecule has 96 valence electrons. The second-order valence-electron chi connectivity index (χ2n) is 3.65. The Morgan fingerprint density at radius 2 is 2.26 bits per heavy atom. The lowest BCUT2D eigenvalue weighted by atomic mass is 10.2. The number of imidazole rings is 1. The van der Waals surface area contributed by atoms with Gasteiger partial charge in [-0.05, 0) is 18.2 Å². The summed E-state index contributed by atoms with van der Waals surface area (Å²) >= 11 is 0. The molecule has 0 spiro atoms. The summed E-state index contributed by atoms with van der Waals surface area (Å²) in [5.41, 5.74) is 0.941. The van der Waals surface area contributed by atoms with Crippen LogP contribution in [-0.4, -0.2) is 27.6 Å². The largest absolute Gasteiger partial charge is 0.384 e. The minimum atomic E-state index is -0.437. The van der Waals surface area contributed by atoms with E-state index in [1.54, 1.807) is 24.3 Å². The number of carbonyl (C=O) groups is 1. The fourth-order valence-electron chi connectivity index (χ4n) is 1.47. The van der Waals surface area contributed by atoms with Crippen LogP contribution in [0, 0.1) is 11.8 Å². The summed E-state index contributed by atoms with van der Waals surface area (Å²) in [5.74, 6) is 4.83. The minimum absolute atomic E-state index is 0.150. The number of hydrogen-bond acceptors (Lipinski definition) is 3. The lowest BCUT2D eigenvalue weighted by molar-refractivity contribution is 0.102. The van der Waals surface area contributed by atoms with Crippen molar-refractivity contribution in [2.75, 3.05) is 11.9 Å². The number of rotatable bonds is 2. The summed E-state index contributed by atoms with van der Waals surface area (Å²) in [5, 5.41) is 11.2. The topological polar surface area (TPSA) is 98.0 Å². The van der Waals surface area contributed by atoms with E-state index in [0.717, 1.165) is 0 Å². The van der Waals surface area contributed by atoms with Gasteiger partial charge in [-0.1, -0.05) is 17.9 Å². The maximum Gasteiger partial charge on any atom is 0.323 e. The molecular formula is C13H11N3O3. The van der Waals surface area contributed by atoms with Crippen LogP contribution < -0.4 is 11.0 Å². The van der Waals surface area contributed by atoms with Crippen molar-refractivity contribution in [3.05, 3.63) is 52.2 Å². The second-order valence-corrected chi connectivity index (χ2v) is 3.65. The first-order chi connectivity index (χ1) is 9.19. The molecule has 0 unspecified atom stereocenters. The quantitative estimate of drug-likeness (QED) is 0.582. The zero-order valence-corrected chi connectivity index (χ0v) is 9.86. The Bertz CT molecular complexity index is 703. The molecule has 19 heavy (non-hydrogen) atoms. The number of aliphatic hydroxyl groups is 1. The number of benzene rings is 1. The number of H-pyrrole nitrogens is 2. The predicted octanol–water partition coefficient (Wildman–Crippen LogP) is 0.299. The lowest BCUT2D eigenvalue weighted by Gasteiger charge is -2.03. The monoisotopic (exact) mass is 257 g/mol. The molecule has 0 aliphatic heterocycles. The summed E-state index contributed by atoms with van der Waals surface area (Å²) in [6.07, 6.45) is 1.30. The minimum Gasteiger partial charge on any atom is -0.384 e. The Morgan fingerprint density at radius 3 is 2.95 bits per heavy atom. The SMILES string of the molecule is O=C(Nc1cccc(C#CCO)c1)c1c[nH]c(=O)[nH]1. The third kappa shape index (κ3) is 3.34. The highest BCUT2D eigenvalue weighted by Crippen LogP contribution is 2.10. The van der Waals surface area contributed by atoms with Gasteiger partial charge < -0.3 is 20.4 Å². The highest BCUT2D eigenvalue weighted by atomic mass is 16.2. The first-order valence-electron chi connectivity index (χ1n) is 5.48. The Balaban J connectivity index is 2.15. The van der Waals surface area contributed by atoms with Gasteiger partial charge in [-0.3, -0.25) is 4.79 Å². The molecule has 6 nitrogen and oxygen atoms in total. The molecule has 0 fully saturated rings. The van der Waals surface area contributed by atoms with Crippen LogP contribution >= 0.6 is 0 Å². The first kappa shape index (κ1) is 12.7. The average molecular weight is 257 g/mol. The molecule has 0 radical (unpaired) electrons. The molecule has 2 aromatic rings. The highest BCUT2D eigenvalue weighted by Gasteiger charge is 2.07. The second kappa shape index (κ2) is 5.71. The van der Waals surface area contributed by atoms with Gasteiger partial charge in [0.1, 0.15) is 12.3 Å². The molecule has 0 saturated carbocycles. The maximum atomic E-state index is 11.8. The van der Waals surface area contributed by atoms with Gasteiger partial charge in [-0.25, -0.2) is 4.79 Å². The van der Waals surface area contributed by atoms with Gasteiger partial charge in [0.05, 0.1) is 0 Å². The molecule has 1 aromatic heterocycles. The highest BCUT2D eigenvalue weighted by molar-refractivity contribution is 6.02. The Hall–Kier alpha value is -2.78. The van der Waals surface area contributed by atoms with Gasteiger partial charge in [-0.15, -0.1) is 0 Å². The van der Waals surface area contributed by atoms with Crippen molar-refractivity contribution in [2.45, 2.75) is 0 Å². The van der Waals surface area contributed by atoms with Gasteiger partial charge in [0.2, 0.25) is 0 Å². The third-order valence-electron chi connectivity index (χ3n) is 2.27. The van der Waals surface area contributed by atoms with Crippen molar-refractivity contribution in [1.29, 1.82) is 0 Å². The number of aromatic nitrogens is 2. The van der Waals surface area contributed by atoms with Gasteiger partial charge in [-0.2, -0.15) is 0 Å². The number of aromatic amines is 2. The van der Waals surface area contributed by atoms with Crippen LogP contribution in [0.25, 0.3) is 0 Å². The van der Waals surface area contributed by atoms with Gasteiger partial charge >= 0.3 is 5.69 Å². The van der Waals surface area contributed by atoms with Crippen LogP contribution in [0.5, 0.6) is 0 Å². The number of aliphatic hydroxyl groups excluding tert-OH is 1. The molecule has 1 aromatic carbocycles. The summed E-state index contributed by atoms with van der Waals surface area (Å²) in [6.45, 7) is -0.221. The van der Waals surface area contributed by atoms with E-state index in [1.807, 2.05) is 0 Å². The molecule has 6 heteroatoms. The van der Waals surface area contributed by atoms with Crippen molar-refractivity contribution in [3.8, 4) is 11.8 Å². The van der Waals surface area contributed by atoms with Crippen molar-refractivity contribution in [3.63, 3.8) is 0 Å². The normalized spacial score (nSPS) is 9.53. The third-order valence-corrected chi connectivity index (χ3v) is 2.27. The van der Waals surface area contributed by atoms with Crippen LogP contribution in [0.2, 0.25) is 0 Å². The van der Waals surface area contributed by atoms with Gasteiger partial charge in [0.15, 0.2) is 0 Å². The fourth-order valence-corrected chi connectivity index (χ4v) is 1.47. The van der Waals surface area contributed by atoms with E-state index in [4.69, 9.17) is 5.11 Å². The van der Waals surface area contributed by atoms with E-state index in [-0.39, 0.29) is 12.3 Å². The molecule has 1 amide bonds. The molecule has 0 saturated heterocycles. The average Bonchev–Trinajstić information content (AvgIpc) is 2.83. The number of anilines is 1. The molecule has 0 bridgehead atoms. The fraction of sp³-hybridized carbons (Fsp3) is 0.0769. The van der Waals surface area contributed by atoms with Crippen LogP contribution in [0.4, 0.5) is 5.69 Å². The summed E-state index contributed by atoms with van der Waals surface area (Å²) in [4.78, 5) is 27.4. The smallest absolute Gasteiger partial charge is 0.323 e. The lowest BCUT2D eigenvalue weighted by Crippen LogP contribution is -2.14. The van der Waals surface area contributed by atoms with Crippen LogP contribution in [0.1, 0.15) is 16.1 Å². The van der Waals surface area contributed by atoms with E-state index >= 15 is 0 Å². The molecule has 4 N–H and O–H groups in total. The van der Waals surface area contributed by atoms with Crippen molar-refractivity contribution >= 4 is 11.6 Å². The molecule has 2 rings (SSSR count). The van der Waals surface area contributed by atoms with Crippen LogP contribution in [0.15, 0.2) is 35.3 Å². The molecule has 0 aliphatic carbocycles. The molecular weight excluding hydrogens is 246 g/mol. The Kier molecular flexibility index (Phi) is 3.81.